The number of nitro groups is 1. The highest BCUT2D eigenvalue weighted by Crippen LogP contribution is 2.60. The quantitative estimate of drug-likeness (QED) is 0.116. The molecule has 2 aromatic carbocycles. The molecule has 3 aromatic rings. The van der Waals surface area contributed by atoms with Crippen LogP contribution in [-0.4, -0.2) is 59.8 Å². The molecule has 16 heteroatoms. The lowest BCUT2D eigenvalue weighted by atomic mass is 9.82. The maximum absolute atomic E-state index is 14.2. The lowest BCUT2D eigenvalue weighted by molar-refractivity contribution is -0.388. The summed E-state index contributed by atoms with van der Waals surface area (Å²) in [6, 6.07) is 8.57. The van der Waals surface area contributed by atoms with Gasteiger partial charge in [0.05, 0.1) is 11.5 Å². The fourth-order valence-electron chi connectivity index (χ4n) is 5.79. The van der Waals surface area contributed by atoms with Crippen molar-refractivity contribution in [1.29, 1.82) is 0 Å². The van der Waals surface area contributed by atoms with Gasteiger partial charge in [0.15, 0.2) is 0 Å². The molecule has 15 nitrogen and oxygen atoms in total. The number of carboxylic acid groups (broad SMARTS) is 1. The Morgan fingerprint density at radius 3 is 2.52 bits per heavy atom. The molecule has 1 aliphatic heterocycles. The molecular formula is C28H29N5O10S. The smallest absolute Gasteiger partial charge is 0.404 e. The van der Waals surface area contributed by atoms with Gasteiger partial charge >= 0.3 is 6.09 Å². The minimum atomic E-state index is -2.70. The molecule has 0 saturated heterocycles. The SMILES string of the molecule is Cc1c(C(=O)NC23C(=O)c4cccc([N+](=O)[O-])c4C2(O)Oc2cc(C(C)C)ccc23)[nH]c(N(CCNC(=O)O)S(=O)O)c1C. The number of aliphatic hydroxyl groups is 1. The third-order valence-corrected chi connectivity index (χ3v) is 8.84. The summed E-state index contributed by atoms with van der Waals surface area (Å²) in [6.07, 6.45) is -1.33. The molecule has 1 aromatic heterocycles. The number of aromatic nitrogens is 1. The molecule has 0 saturated carbocycles. The predicted octanol–water partition coefficient (Wildman–Crippen LogP) is 2.93. The maximum atomic E-state index is 14.2. The maximum Gasteiger partial charge on any atom is 0.404 e. The minimum Gasteiger partial charge on any atom is -0.465 e. The zero-order valence-corrected chi connectivity index (χ0v) is 24.8. The molecule has 232 valence electrons. The third-order valence-electron chi connectivity index (χ3n) is 8.10. The van der Waals surface area contributed by atoms with E-state index in [0.29, 0.717) is 11.1 Å². The average Bonchev–Trinajstić information content (AvgIpc) is 3.46. The van der Waals surface area contributed by atoms with E-state index in [9.17, 15) is 38.4 Å². The monoisotopic (exact) mass is 627 g/mol. The van der Waals surface area contributed by atoms with E-state index in [1.165, 1.54) is 18.2 Å². The Hall–Kier alpha value is -4.80. The first-order chi connectivity index (χ1) is 20.7. The van der Waals surface area contributed by atoms with Crippen LogP contribution >= 0.6 is 0 Å². The van der Waals surface area contributed by atoms with E-state index < -0.39 is 56.6 Å². The van der Waals surface area contributed by atoms with Crippen LogP contribution in [0.4, 0.5) is 16.3 Å². The van der Waals surface area contributed by atoms with Gasteiger partial charge in [0.1, 0.15) is 22.8 Å². The molecule has 0 spiro atoms. The number of nitro benzene ring substituents is 1. The van der Waals surface area contributed by atoms with Crippen molar-refractivity contribution >= 4 is 40.6 Å². The number of ether oxygens (including phenoxy) is 1. The number of nitrogens with one attached hydrogen (secondary N) is 3. The second kappa shape index (κ2) is 10.7. The third kappa shape index (κ3) is 4.40. The Balaban J connectivity index is 1.64. The predicted molar refractivity (Wildman–Crippen MR) is 156 cm³/mol. The van der Waals surface area contributed by atoms with Crippen LogP contribution in [0.25, 0.3) is 0 Å². The number of Topliss-reactive ketones (excluding diaryl/α,β-unsaturated/α-hetero) is 1. The van der Waals surface area contributed by atoms with E-state index >= 15 is 0 Å². The van der Waals surface area contributed by atoms with Gasteiger partial charge in [0.2, 0.25) is 11.3 Å². The van der Waals surface area contributed by atoms with Crippen LogP contribution in [0, 0.1) is 24.0 Å². The standard InChI is InChI=1S/C28H29N5O10S/c1-13(2)16-8-9-18-20(12-16)43-28(38)21-17(6-5-7-19(21)33(39)40)23(34)27(18,28)31-25(35)22-14(3)15(4)24(30-22)32(44(41)42)11-10-29-26(36)37/h5-9,12-13,29-30,38H,10-11H2,1-4H3,(H,31,35)(H,36,37)(H,41,42). The average molecular weight is 628 g/mol. The van der Waals surface area contributed by atoms with Crippen molar-refractivity contribution in [2.45, 2.75) is 44.9 Å². The molecule has 3 unspecified atom stereocenters. The first-order valence-corrected chi connectivity index (χ1v) is 14.5. The second-order valence-corrected chi connectivity index (χ2v) is 11.7. The largest absolute Gasteiger partial charge is 0.465 e. The Kier molecular flexibility index (Phi) is 7.47. The highest BCUT2D eigenvalue weighted by molar-refractivity contribution is 7.80. The summed E-state index contributed by atoms with van der Waals surface area (Å²) < 4.78 is 29.0. The van der Waals surface area contributed by atoms with Crippen LogP contribution in [0.5, 0.6) is 5.75 Å². The zero-order valence-electron chi connectivity index (χ0n) is 24.0. The fourth-order valence-corrected chi connectivity index (χ4v) is 6.37. The Morgan fingerprint density at radius 2 is 1.91 bits per heavy atom. The number of ketones is 1. The van der Waals surface area contributed by atoms with Crippen molar-refractivity contribution in [1.82, 2.24) is 15.6 Å². The number of aromatic amines is 1. The molecule has 0 bridgehead atoms. The number of anilines is 1. The number of hydrogen-bond donors (Lipinski definition) is 6. The van der Waals surface area contributed by atoms with Crippen molar-refractivity contribution in [3.05, 3.63) is 85.6 Å². The van der Waals surface area contributed by atoms with Crippen LogP contribution in [0.3, 0.4) is 0 Å². The number of H-pyrrole nitrogens is 1. The molecule has 2 amide bonds. The number of rotatable bonds is 9. The summed E-state index contributed by atoms with van der Waals surface area (Å²) in [7, 11) is 0. The molecule has 2 aliphatic rings. The Labute approximate surface area is 252 Å². The van der Waals surface area contributed by atoms with Crippen LogP contribution in [0.1, 0.15) is 68.4 Å². The van der Waals surface area contributed by atoms with E-state index in [0.717, 1.165) is 15.9 Å². The number of hydrogen-bond acceptors (Lipinski definition) is 8. The molecule has 1 aliphatic carbocycles. The highest BCUT2D eigenvalue weighted by Gasteiger charge is 2.73. The molecular weight excluding hydrogens is 598 g/mol. The van der Waals surface area contributed by atoms with Gasteiger partial charge in [-0.1, -0.05) is 38.1 Å². The summed E-state index contributed by atoms with van der Waals surface area (Å²) in [5.74, 6) is -4.33. The number of fused-ring (bicyclic) bond motifs is 5. The van der Waals surface area contributed by atoms with Gasteiger partial charge in [-0.2, -0.15) is 0 Å². The first-order valence-electron chi connectivity index (χ1n) is 13.4. The van der Waals surface area contributed by atoms with E-state index in [-0.39, 0.29) is 47.4 Å². The summed E-state index contributed by atoms with van der Waals surface area (Å²) in [6.45, 7) is 6.50. The van der Waals surface area contributed by atoms with Gasteiger partial charge in [-0.05, 0) is 42.5 Å². The number of carbonyl (C=O) groups is 3. The van der Waals surface area contributed by atoms with Gasteiger partial charge in [0.25, 0.3) is 28.6 Å². The number of amides is 2. The van der Waals surface area contributed by atoms with Crippen LogP contribution in [-0.2, 0) is 22.6 Å². The van der Waals surface area contributed by atoms with Crippen LogP contribution in [0.2, 0.25) is 0 Å². The van der Waals surface area contributed by atoms with Crippen molar-refractivity contribution in [3.63, 3.8) is 0 Å². The molecule has 0 radical (unpaired) electrons. The number of benzene rings is 2. The second-order valence-electron chi connectivity index (χ2n) is 10.8. The Bertz CT molecular complexity index is 1770. The topological polar surface area (TPSA) is 224 Å². The number of nitrogens with zero attached hydrogens (tertiary/aromatic N) is 2. The molecule has 2 heterocycles. The van der Waals surface area contributed by atoms with Gasteiger partial charge in [-0.25, -0.2) is 9.00 Å². The van der Waals surface area contributed by atoms with Gasteiger partial charge in [-0.3, -0.25) is 28.6 Å². The van der Waals surface area contributed by atoms with E-state index in [1.54, 1.807) is 26.0 Å². The minimum absolute atomic E-state index is 0.0236. The van der Waals surface area contributed by atoms with Crippen molar-refractivity contribution in [2.24, 2.45) is 0 Å². The van der Waals surface area contributed by atoms with Crippen LogP contribution < -0.4 is 19.7 Å². The molecule has 0 fully saturated rings. The fraction of sp³-hybridized carbons (Fsp3) is 0.321. The van der Waals surface area contributed by atoms with Gasteiger partial charge < -0.3 is 30.6 Å². The summed E-state index contributed by atoms with van der Waals surface area (Å²) in [5.41, 5.74) is -2.06. The number of carbonyl (C=O) groups excluding carboxylic acids is 2. The van der Waals surface area contributed by atoms with Crippen molar-refractivity contribution < 1.29 is 43.0 Å². The molecule has 6 N–H and O–H groups in total. The molecule has 5 rings (SSSR count). The summed E-state index contributed by atoms with van der Waals surface area (Å²) >= 11 is -2.62. The molecule has 3 atom stereocenters. The normalized spacial score (nSPS) is 20.4. The molecule has 44 heavy (non-hydrogen) atoms. The lowest BCUT2D eigenvalue weighted by Gasteiger charge is -2.34. The lowest BCUT2D eigenvalue weighted by Crippen LogP contribution is -2.60. The zero-order chi connectivity index (χ0) is 32.3. The Morgan fingerprint density at radius 1 is 1.20 bits per heavy atom. The highest BCUT2D eigenvalue weighted by atomic mass is 32.2. The van der Waals surface area contributed by atoms with Gasteiger partial charge in [0, 0.05) is 23.7 Å². The van der Waals surface area contributed by atoms with E-state index in [1.807, 2.05) is 13.8 Å². The summed E-state index contributed by atoms with van der Waals surface area (Å²) in [4.78, 5) is 53.2. The van der Waals surface area contributed by atoms with E-state index in [4.69, 9.17) is 9.84 Å². The summed E-state index contributed by atoms with van der Waals surface area (Å²) in [5, 5.41) is 37.8. The van der Waals surface area contributed by atoms with Gasteiger partial charge in [-0.15, -0.1) is 0 Å². The van der Waals surface area contributed by atoms with Crippen molar-refractivity contribution in [2.75, 3.05) is 17.4 Å². The van der Waals surface area contributed by atoms with E-state index in [2.05, 4.69) is 15.6 Å². The van der Waals surface area contributed by atoms with Crippen molar-refractivity contribution in [3.8, 4) is 5.75 Å². The van der Waals surface area contributed by atoms with Crippen LogP contribution in [0.15, 0.2) is 36.4 Å². The first kappa shape index (κ1) is 30.7.